The van der Waals surface area contributed by atoms with Crippen LogP contribution >= 0.6 is 11.8 Å². The summed E-state index contributed by atoms with van der Waals surface area (Å²) in [6.07, 6.45) is 2.64. The highest BCUT2D eigenvalue weighted by Crippen LogP contribution is 2.37. The molecule has 1 amide bonds. The lowest BCUT2D eigenvalue weighted by Gasteiger charge is -2.22. The van der Waals surface area contributed by atoms with E-state index in [1.807, 2.05) is 53.1 Å². The number of nitrogens with zero attached hydrogens (tertiary/aromatic N) is 2. The van der Waals surface area contributed by atoms with Gasteiger partial charge in [0.25, 0.3) is 5.56 Å². The fourth-order valence-electron chi connectivity index (χ4n) is 3.54. The number of anilines is 1. The number of aromatic amines is 1. The average molecular weight is 394 g/mol. The first-order chi connectivity index (χ1) is 13.6. The predicted octanol–water partition coefficient (Wildman–Crippen LogP) is 4.16. The van der Waals surface area contributed by atoms with Gasteiger partial charge in [0.15, 0.2) is 0 Å². The lowest BCUT2D eigenvalue weighted by atomic mass is 10.1. The Kier molecular flexibility index (Phi) is 5.48. The molecule has 1 aliphatic rings. The largest absolute Gasteiger partial charge is 0.311 e. The number of carbonyl (C=O) groups excluding carboxylic acids is 1. The van der Waals surface area contributed by atoms with Crippen LogP contribution in [0, 0.1) is 0 Å². The van der Waals surface area contributed by atoms with E-state index in [-0.39, 0.29) is 11.5 Å². The number of aromatic nitrogens is 2. The van der Waals surface area contributed by atoms with Crippen molar-refractivity contribution in [2.24, 2.45) is 0 Å². The quantitative estimate of drug-likeness (QED) is 0.723. The molecule has 1 aromatic heterocycles. The van der Waals surface area contributed by atoms with Crippen LogP contribution in [-0.4, -0.2) is 27.7 Å². The van der Waals surface area contributed by atoms with Gasteiger partial charge < -0.3 is 9.88 Å². The maximum atomic E-state index is 12.9. The van der Waals surface area contributed by atoms with Crippen molar-refractivity contribution in [1.29, 1.82) is 0 Å². The number of carbonyl (C=O) groups is 1. The fourth-order valence-corrected chi connectivity index (χ4v) is 4.65. The Bertz CT molecular complexity index is 1060. The van der Waals surface area contributed by atoms with E-state index in [4.69, 9.17) is 0 Å². The van der Waals surface area contributed by atoms with Crippen molar-refractivity contribution in [3.8, 4) is 0 Å². The standard InChI is InChI=1S/C22H23N3O2S/c1-15-13-14-25(18-9-4-5-10-19(18)28-15)21(26)12-6-11-20-23-17-8-3-2-7-16(17)22(27)24-20/h2-5,7-10,15H,6,11-14H2,1H3,(H,23,24,27). The number of amides is 1. The van der Waals surface area contributed by atoms with Crippen molar-refractivity contribution in [3.63, 3.8) is 0 Å². The van der Waals surface area contributed by atoms with Gasteiger partial charge in [-0.15, -0.1) is 11.8 Å². The molecule has 0 spiro atoms. The summed E-state index contributed by atoms with van der Waals surface area (Å²) in [5.41, 5.74) is 1.58. The molecule has 0 aliphatic carbocycles. The first-order valence-corrected chi connectivity index (χ1v) is 10.5. The minimum Gasteiger partial charge on any atom is -0.311 e. The highest BCUT2D eigenvalue weighted by molar-refractivity contribution is 8.00. The normalized spacial score (nSPS) is 16.6. The molecular formula is C22H23N3O2S. The molecule has 6 heteroatoms. The van der Waals surface area contributed by atoms with Gasteiger partial charge in [0.05, 0.1) is 16.6 Å². The van der Waals surface area contributed by atoms with Gasteiger partial charge in [0, 0.05) is 29.5 Å². The number of hydrogen-bond acceptors (Lipinski definition) is 4. The van der Waals surface area contributed by atoms with Crippen LogP contribution in [0.1, 0.15) is 32.0 Å². The van der Waals surface area contributed by atoms with Crippen LogP contribution in [0.4, 0.5) is 5.69 Å². The highest BCUT2D eigenvalue weighted by Gasteiger charge is 2.23. The van der Waals surface area contributed by atoms with Crippen LogP contribution in [0.2, 0.25) is 0 Å². The number of hydrogen-bond donors (Lipinski definition) is 1. The second kappa shape index (κ2) is 8.19. The lowest BCUT2D eigenvalue weighted by Crippen LogP contribution is -2.32. The Morgan fingerprint density at radius 1 is 1.21 bits per heavy atom. The zero-order valence-corrected chi connectivity index (χ0v) is 16.7. The van der Waals surface area contributed by atoms with Crippen LogP contribution < -0.4 is 10.5 Å². The summed E-state index contributed by atoms with van der Waals surface area (Å²) in [6.45, 7) is 2.95. The molecule has 144 valence electrons. The lowest BCUT2D eigenvalue weighted by molar-refractivity contribution is -0.118. The van der Waals surface area contributed by atoms with Gasteiger partial charge in [-0.3, -0.25) is 9.59 Å². The number of fused-ring (bicyclic) bond motifs is 2. The molecule has 1 unspecified atom stereocenters. The molecule has 0 saturated carbocycles. The molecule has 1 atom stereocenters. The van der Waals surface area contributed by atoms with Crippen molar-refractivity contribution in [2.75, 3.05) is 11.4 Å². The third kappa shape index (κ3) is 3.97. The third-order valence-corrected chi connectivity index (χ3v) is 6.25. The van der Waals surface area contributed by atoms with Crippen LogP contribution in [0.3, 0.4) is 0 Å². The van der Waals surface area contributed by atoms with Crippen molar-refractivity contribution >= 4 is 34.3 Å². The monoisotopic (exact) mass is 393 g/mol. The summed E-state index contributed by atoms with van der Waals surface area (Å²) in [6, 6.07) is 15.4. The minimum absolute atomic E-state index is 0.126. The van der Waals surface area contributed by atoms with Crippen LogP contribution in [0.15, 0.2) is 58.2 Å². The van der Waals surface area contributed by atoms with E-state index in [2.05, 4.69) is 23.0 Å². The van der Waals surface area contributed by atoms with E-state index in [9.17, 15) is 9.59 Å². The molecule has 2 heterocycles. The summed E-state index contributed by atoms with van der Waals surface area (Å²) in [5, 5.41) is 1.08. The SMILES string of the molecule is CC1CCN(C(=O)CCCc2nc3ccccc3c(=O)[nH]2)c2ccccc2S1. The molecule has 1 aliphatic heterocycles. The minimum atomic E-state index is -0.126. The Balaban J connectivity index is 1.44. The molecule has 2 aromatic carbocycles. The zero-order valence-electron chi connectivity index (χ0n) is 15.9. The number of rotatable bonds is 4. The van der Waals surface area contributed by atoms with E-state index in [0.29, 0.717) is 41.2 Å². The topological polar surface area (TPSA) is 66.1 Å². The second-order valence-corrected chi connectivity index (χ2v) is 8.59. The smallest absolute Gasteiger partial charge is 0.258 e. The van der Waals surface area contributed by atoms with Crippen LogP contribution in [0.5, 0.6) is 0 Å². The average Bonchev–Trinajstić information content (AvgIpc) is 2.86. The van der Waals surface area contributed by atoms with E-state index in [1.165, 1.54) is 4.90 Å². The molecule has 1 N–H and O–H groups in total. The molecule has 28 heavy (non-hydrogen) atoms. The number of thioether (sulfide) groups is 1. The summed E-state index contributed by atoms with van der Waals surface area (Å²) >= 11 is 1.83. The van der Waals surface area contributed by atoms with E-state index < -0.39 is 0 Å². The Hall–Kier alpha value is -2.60. The van der Waals surface area contributed by atoms with E-state index >= 15 is 0 Å². The molecule has 4 rings (SSSR count). The van der Waals surface area contributed by atoms with Gasteiger partial charge >= 0.3 is 0 Å². The van der Waals surface area contributed by atoms with Gasteiger partial charge in [-0.1, -0.05) is 31.2 Å². The summed E-state index contributed by atoms with van der Waals surface area (Å²) in [4.78, 5) is 35.5. The number of aryl methyl sites for hydroxylation is 1. The molecule has 0 bridgehead atoms. The predicted molar refractivity (Wildman–Crippen MR) is 114 cm³/mol. The van der Waals surface area contributed by atoms with Crippen molar-refractivity contribution in [2.45, 2.75) is 42.8 Å². The van der Waals surface area contributed by atoms with Crippen LogP contribution in [-0.2, 0) is 11.2 Å². The fraction of sp³-hybridized carbons (Fsp3) is 0.318. The molecule has 5 nitrogen and oxygen atoms in total. The van der Waals surface area contributed by atoms with Gasteiger partial charge in [0.1, 0.15) is 5.82 Å². The third-order valence-electron chi connectivity index (χ3n) is 5.01. The Morgan fingerprint density at radius 3 is 2.89 bits per heavy atom. The summed E-state index contributed by atoms with van der Waals surface area (Å²) < 4.78 is 0. The first kappa shape index (κ1) is 18.7. The van der Waals surface area contributed by atoms with Crippen molar-refractivity contribution < 1.29 is 4.79 Å². The molecule has 0 fully saturated rings. The second-order valence-electron chi connectivity index (χ2n) is 7.11. The molecular weight excluding hydrogens is 370 g/mol. The van der Waals surface area contributed by atoms with Gasteiger partial charge in [-0.2, -0.15) is 0 Å². The molecule has 0 radical (unpaired) electrons. The van der Waals surface area contributed by atoms with Crippen LogP contribution in [0.25, 0.3) is 10.9 Å². The number of H-pyrrole nitrogens is 1. The van der Waals surface area contributed by atoms with Gasteiger partial charge in [0.2, 0.25) is 5.91 Å². The van der Waals surface area contributed by atoms with Crippen molar-refractivity contribution in [3.05, 3.63) is 64.7 Å². The van der Waals surface area contributed by atoms with Gasteiger partial charge in [-0.25, -0.2) is 4.98 Å². The van der Waals surface area contributed by atoms with E-state index in [1.54, 1.807) is 6.07 Å². The molecule has 0 saturated heterocycles. The molecule has 3 aromatic rings. The van der Waals surface area contributed by atoms with Crippen molar-refractivity contribution in [1.82, 2.24) is 9.97 Å². The summed E-state index contributed by atoms with van der Waals surface area (Å²) in [5.74, 6) is 0.766. The number of para-hydroxylation sites is 2. The maximum absolute atomic E-state index is 12.9. The highest BCUT2D eigenvalue weighted by atomic mass is 32.2. The Morgan fingerprint density at radius 2 is 2.00 bits per heavy atom. The Labute approximate surface area is 168 Å². The zero-order chi connectivity index (χ0) is 19.5. The summed E-state index contributed by atoms with van der Waals surface area (Å²) in [7, 11) is 0. The van der Waals surface area contributed by atoms with E-state index in [0.717, 1.165) is 18.7 Å². The van der Waals surface area contributed by atoms with Gasteiger partial charge in [-0.05, 0) is 37.1 Å². The first-order valence-electron chi connectivity index (χ1n) is 9.66. The number of benzene rings is 2. The maximum Gasteiger partial charge on any atom is 0.258 e. The number of nitrogens with one attached hydrogen (secondary N) is 1.